The minimum Gasteiger partial charge on any atom is -0.473 e. The molecule has 1 amide bonds. The molecule has 1 heterocycles. The van der Waals surface area contributed by atoms with E-state index in [1.54, 1.807) is 0 Å². The van der Waals surface area contributed by atoms with Crippen LogP contribution in [0.1, 0.15) is 13.8 Å². The van der Waals surface area contributed by atoms with Crippen molar-refractivity contribution in [1.82, 2.24) is 0 Å². The van der Waals surface area contributed by atoms with Gasteiger partial charge in [0.05, 0.1) is 0 Å². The second kappa shape index (κ2) is 4.30. The van der Waals surface area contributed by atoms with Crippen molar-refractivity contribution in [3.63, 3.8) is 0 Å². The maximum absolute atomic E-state index is 9.92. The molecule has 0 saturated heterocycles. The first-order chi connectivity index (χ1) is 3.89. The highest BCUT2D eigenvalue weighted by atomic mass is 16.5. The molecular formula is C5H9NO2. The molecule has 0 radical (unpaired) electrons. The molecule has 0 spiro atoms. The van der Waals surface area contributed by atoms with Crippen LogP contribution in [0.3, 0.4) is 0 Å². The summed E-state index contributed by atoms with van der Waals surface area (Å²) in [6, 6.07) is 0. The fourth-order valence-corrected chi connectivity index (χ4v) is 0.242. The summed E-state index contributed by atoms with van der Waals surface area (Å²) < 4.78 is 4.42. The van der Waals surface area contributed by atoms with E-state index in [9.17, 15) is 4.79 Å². The number of aliphatic imine (C=N–C) groups is 1. The van der Waals surface area contributed by atoms with E-state index in [-0.39, 0.29) is 12.5 Å². The summed E-state index contributed by atoms with van der Waals surface area (Å²) in [4.78, 5) is 13.2. The van der Waals surface area contributed by atoms with Gasteiger partial charge in [-0.1, -0.05) is 13.8 Å². The minimum absolute atomic E-state index is 0.125. The number of hydrogen-bond donors (Lipinski definition) is 0. The molecule has 1 rings (SSSR count). The summed E-state index contributed by atoms with van der Waals surface area (Å²) in [5.41, 5.74) is 0. The average molecular weight is 115 g/mol. The van der Waals surface area contributed by atoms with Gasteiger partial charge in [0.2, 0.25) is 0 Å². The second-order valence-electron chi connectivity index (χ2n) is 0.939. The Kier molecular flexibility index (Phi) is 3.84. The number of amides is 1. The Morgan fingerprint density at radius 1 is 1.75 bits per heavy atom. The van der Waals surface area contributed by atoms with Gasteiger partial charge in [0.15, 0.2) is 13.0 Å². The number of carbonyl (C=O) groups excluding carboxylic acids is 1. The molecule has 0 aromatic heterocycles. The summed E-state index contributed by atoms with van der Waals surface area (Å²) in [5, 5.41) is 0. The molecule has 0 N–H and O–H groups in total. The zero-order chi connectivity index (χ0) is 6.41. The van der Waals surface area contributed by atoms with E-state index < -0.39 is 0 Å². The van der Waals surface area contributed by atoms with Crippen LogP contribution in [0.25, 0.3) is 0 Å². The van der Waals surface area contributed by atoms with Gasteiger partial charge in [-0.05, 0) is 0 Å². The summed E-state index contributed by atoms with van der Waals surface area (Å²) in [7, 11) is 0. The Morgan fingerprint density at radius 3 is 2.50 bits per heavy atom. The molecule has 3 nitrogen and oxygen atoms in total. The maximum Gasteiger partial charge on any atom is 0.286 e. The van der Waals surface area contributed by atoms with Crippen LogP contribution in [-0.4, -0.2) is 18.9 Å². The van der Waals surface area contributed by atoms with Gasteiger partial charge in [-0.15, -0.1) is 0 Å². The molecule has 0 bridgehead atoms. The second-order valence-corrected chi connectivity index (χ2v) is 0.939. The topological polar surface area (TPSA) is 38.7 Å². The van der Waals surface area contributed by atoms with Gasteiger partial charge in [0.1, 0.15) is 0 Å². The summed E-state index contributed by atoms with van der Waals surface area (Å²) in [6.45, 7) is 4.12. The number of rotatable bonds is 0. The largest absolute Gasteiger partial charge is 0.473 e. The summed E-state index contributed by atoms with van der Waals surface area (Å²) in [5.74, 6) is -0.199. The van der Waals surface area contributed by atoms with Gasteiger partial charge in [-0.3, -0.25) is 4.79 Å². The third-order valence-electron chi connectivity index (χ3n) is 0.478. The van der Waals surface area contributed by atoms with E-state index >= 15 is 0 Å². The van der Waals surface area contributed by atoms with Gasteiger partial charge >= 0.3 is 0 Å². The smallest absolute Gasteiger partial charge is 0.286 e. The molecule has 0 fully saturated rings. The predicted molar refractivity (Wildman–Crippen MR) is 30.8 cm³/mol. The molecule has 1 aliphatic heterocycles. The Hall–Kier alpha value is -0.860. The monoisotopic (exact) mass is 115 g/mol. The van der Waals surface area contributed by atoms with Crippen molar-refractivity contribution in [2.45, 2.75) is 13.8 Å². The van der Waals surface area contributed by atoms with Gasteiger partial charge in [0.25, 0.3) is 5.91 Å². The highest BCUT2D eigenvalue weighted by Crippen LogP contribution is 1.83. The number of nitrogens with zero attached hydrogens (tertiary/aromatic N) is 1. The lowest BCUT2D eigenvalue weighted by Crippen LogP contribution is -1.92. The van der Waals surface area contributed by atoms with E-state index in [2.05, 4.69) is 9.73 Å². The van der Waals surface area contributed by atoms with Crippen LogP contribution >= 0.6 is 0 Å². The zero-order valence-electron chi connectivity index (χ0n) is 5.05. The molecule has 0 aromatic carbocycles. The lowest BCUT2D eigenvalue weighted by Gasteiger charge is -1.75. The highest BCUT2D eigenvalue weighted by Gasteiger charge is 2.01. The third kappa shape index (κ3) is 2.34. The normalized spacial score (nSPS) is 14.5. The van der Waals surface area contributed by atoms with Crippen LogP contribution in [0, 0.1) is 0 Å². The zero-order valence-corrected chi connectivity index (χ0v) is 5.05. The van der Waals surface area contributed by atoms with Crippen molar-refractivity contribution in [1.29, 1.82) is 0 Å². The molecule has 0 saturated carbocycles. The first kappa shape index (κ1) is 7.14. The van der Waals surface area contributed by atoms with E-state index in [1.807, 2.05) is 13.8 Å². The van der Waals surface area contributed by atoms with Crippen molar-refractivity contribution in [3.05, 3.63) is 0 Å². The highest BCUT2D eigenvalue weighted by molar-refractivity contribution is 5.88. The quantitative estimate of drug-likeness (QED) is 0.463. The lowest BCUT2D eigenvalue weighted by molar-refractivity contribution is -0.118. The van der Waals surface area contributed by atoms with Gasteiger partial charge in [-0.25, -0.2) is 0 Å². The standard InChI is InChI=1S/C3H3NO2.C2H6/c5-3-1-6-2-4-3;1-2/h2H,1H2;1-2H3. The molecular weight excluding hydrogens is 106 g/mol. The molecule has 0 atom stereocenters. The fraction of sp³-hybridized carbons (Fsp3) is 0.600. The summed E-state index contributed by atoms with van der Waals surface area (Å²) >= 11 is 0. The Bertz CT molecular complexity index is 98.6. The number of carbonyl (C=O) groups is 1. The minimum atomic E-state index is -0.199. The SMILES string of the molecule is CC.O=C1COC=N1. The molecule has 8 heavy (non-hydrogen) atoms. The van der Waals surface area contributed by atoms with E-state index in [0.29, 0.717) is 0 Å². The first-order valence-corrected chi connectivity index (χ1v) is 2.56. The first-order valence-electron chi connectivity index (χ1n) is 2.56. The van der Waals surface area contributed by atoms with Crippen LogP contribution in [0.15, 0.2) is 4.99 Å². The fourth-order valence-electron chi connectivity index (χ4n) is 0.242. The molecule has 0 aromatic rings. The molecule has 0 unspecified atom stereocenters. The van der Waals surface area contributed by atoms with E-state index in [4.69, 9.17) is 0 Å². The van der Waals surface area contributed by atoms with E-state index in [0.717, 1.165) is 6.40 Å². The summed E-state index contributed by atoms with van der Waals surface area (Å²) in [6.07, 6.45) is 1.16. The van der Waals surface area contributed by atoms with Gasteiger partial charge in [0, 0.05) is 0 Å². The van der Waals surface area contributed by atoms with Crippen molar-refractivity contribution < 1.29 is 9.53 Å². The Morgan fingerprint density at radius 2 is 2.38 bits per heavy atom. The maximum atomic E-state index is 9.92. The lowest BCUT2D eigenvalue weighted by atomic mass is 10.7. The van der Waals surface area contributed by atoms with Crippen LogP contribution in [0.2, 0.25) is 0 Å². The van der Waals surface area contributed by atoms with Gasteiger partial charge in [-0.2, -0.15) is 4.99 Å². The number of hydrogen-bond acceptors (Lipinski definition) is 2. The van der Waals surface area contributed by atoms with Crippen LogP contribution in [0.4, 0.5) is 0 Å². The van der Waals surface area contributed by atoms with Crippen molar-refractivity contribution >= 4 is 12.3 Å². The molecule has 0 aliphatic carbocycles. The van der Waals surface area contributed by atoms with Crippen molar-refractivity contribution in [2.75, 3.05) is 6.61 Å². The van der Waals surface area contributed by atoms with E-state index in [1.165, 1.54) is 0 Å². The molecule has 1 aliphatic rings. The molecule has 46 valence electrons. The van der Waals surface area contributed by atoms with Crippen LogP contribution in [-0.2, 0) is 9.53 Å². The predicted octanol–water partition coefficient (Wildman–Crippen LogP) is 0.598. The van der Waals surface area contributed by atoms with Crippen molar-refractivity contribution in [3.8, 4) is 0 Å². The van der Waals surface area contributed by atoms with Gasteiger partial charge < -0.3 is 4.74 Å². The van der Waals surface area contributed by atoms with Crippen LogP contribution in [0.5, 0.6) is 0 Å². The van der Waals surface area contributed by atoms with Crippen LogP contribution < -0.4 is 0 Å². The number of ether oxygens (including phenoxy) is 1. The Balaban J connectivity index is 0.000000222. The molecule has 3 heteroatoms. The average Bonchev–Trinajstić information content (AvgIpc) is 2.24. The Labute approximate surface area is 48.4 Å². The van der Waals surface area contributed by atoms with Crippen molar-refractivity contribution in [2.24, 2.45) is 4.99 Å². The third-order valence-corrected chi connectivity index (χ3v) is 0.478.